The van der Waals surface area contributed by atoms with Crippen molar-refractivity contribution in [2.75, 3.05) is 14.2 Å². The lowest BCUT2D eigenvalue weighted by Crippen LogP contribution is -2.06. The van der Waals surface area contributed by atoms with E-state index in [-0.39, 0.29) is 6.10 Å². The SMILES string of the molecule is COc1cc2cccc(OC)c2c2c1ccc1cccc(OC(C)C)c12. The standard InChI is InChI=1S/C23H22O3/c1-14(2)26-19-10-5-7-15-11-12-17-20(25-4)13-16-8-6-9-18(24-3)22(16)23(17)21(15)19/h5-14H,1-4H3. The number of hydrogen-bond acceptors (Lipinski definition) is 3. The fourth-order valence-corrected chi connectivity index (χ4v) is 3.66. The normalized spacial score (nSPS) is 11.4. The van der Waals surface area contributed by atoms with Crippen LogP contribution in [0.3, 0.4) is 0 Å². The van der Waals surface area contributed by atoms with Gasteiger partial charge in [-0.1, -0.05) is 30.3 Å². The van der Waals surface area contributed by atoms with Crippen LogP contribution in [0.5, 0.6) is 17.2 Å². The van der Waals surface area contributed by atoms with Crippen LogP contribution in [0.15, 0.2) is 54.6 Å². The molecule has 0 aliphatic rings. The van der Waals surface area contributed by atoms with Gasteiger partial charge < -0.3 is 14.2 Å². The van der Waals surface area contributed by atoms with E-state index in [0.717, 1.165) is 49.6 Å². The van der Waals surface area contributed by atoms with Crippen molar-refractivity contribution in [3.63, 3.8) is 0 Å². The lowest BCUT2D eigenvalue weighted by atomic mass is 9.94. The molecule has 26 heavy (non-hydrogen) atoms. The van der Waals surface area contributed by atoms with Gasteiger partial charge in [-0.15, -0.1) is 0 Å². The molecule has 0 amide bonds. The van der Waals surface area contributed by atoms with Crippen molar-refractivity contribution < 1.29 is 14.2 Å². The number of hydrogen-bond donors (Lipinski definition) is 0. The van der Waals surface area contributed by atoms with Crippen LogP contribution in [-0.4, -0.2) is 20.3 Å². The molecular formula is C23H22O3. The highest BCUT2D eigenvalue weighted by Gasteiger charge is 2.16. The molecule has 0 spiro atoms. The van der Waals surface area contributed by atoms with Crippen LogP contribution in [0.2, 0.25) is 0 Å². The molecule has 0 aliphatic carbocycles. The van der Waals surface area contributed by atoms with Crippen LogP contribution in [0.1, 0.15) is 13.8 Å². The van der Waals surface area contributed by atoms with Gasteiger partial charge >= 0.3 is 0 Å². The van der Waals surface area contributed by atoms with Crippen LogP contribution in [0, 0.1) is 0 Å². The summed E-state index contributed by atoms with van der Waals surface area (Å²) in [5, 5.41) is 6.54. The van der Waals surface area contributed by atoms with Crippen molar-refractivity contribution in [3.8, 4) is 17.2 Å². The molecule has 0 N–H and O–H groups in total. The summed E-state index contributed by atoms with van der Waals surface area (Å²) in [7, 11) is 3.42. The Balaban J connectivity index is 2.29. The van der Waals surface area contributed by atoms with Crippen LogP contribution < -0.4 is 14.2 Å². The molecule has 0 unspecified atom stereocenters. The molecular weight excluding hydrogens is 324 g/mol. The largest absolute Gasteiger partial charge is 0.496 e. The molecule has 3 nitrogen and oxygen atoms in total. The predicted molar refractivity (Wildman–Crippen MR) is 108 cm³/mol. The van der Waals surface area contributed by atoms with Gasteiger partial charge in [-0.25, -0.2) is 0 Å². The highest BCUT2D eigenvalue weighted by atomic mass is 16.5. The van der Waals surface area contributed by atoms with Crippen LogP contribution in [0.4, 0.5) is 0 Å². The molecule has 0 saturated heterocycles. The Morgan fingerprint density at radius 2 is 1.31 bits per heavy atom. The van der Waals surface area contributed by atoms with Crippen LogP contribution in [-0.2, 0) is 0 Å². The van der Waals surface area contributed by atoms with Crippen molar-refractivity contribution in [1.29, 1.82) is 0 Å². The lowest BCUT2D eigenvalue weighted by molar-refractivity contribution is 0.245. The van der Waals surface area contributed by atoms with E-state index in [1.807, 2.05) is 38.1 Å². The van der Waals surface area contributed by atoms with Gasteiger partial charge in [-0.2, -0.15) is 0 Å². The van der Waals surface area contributed by atoms with Crippen LogP contribution >= 0.6 is 0 Å². The molecule has 4 rings (SSSR count). The van der Waals surface area contributed by atoms with Gasteiger partial charge in [0.05, 0.1) is 20.3 Å². The lowest BCUT2D eigenvalue weighted by Gasteiger charge is -2.18. The molecule has 0 atom stereocenters. The first-order valence-electron chi connectivity index (χ1n) is 8.80. The van der Waals surface area contributed by atoms with Crippen molar-refractivity contribution in [2.24, 2.45) is 0 Å². The van der Waals surface area contributed by atoms with E-state index in [1.165, 1.54) is 0 Å². The summed E-state index contributed by atoms with van der Waals surface area (Å²) < 4.78 is 17.5. The minimum Gasteiger partial charge on any atom is -0.496 e. The van der Waals surface area contributed by atoms with Gasteiger partial charge in [0.25, 0.3) is 0 Å². The summed E-state index contributed by atoms with van der Waals surface area (Å²) in [5.41, 5.74) is 0. The van der Waals surface area contributed by atoms with E-state index < -0.39 is 0 Å². The smallest absolute Gasteiger partial charge is 0.128 e. The van der Waals surface area contributed by atoms with Crippen molar-refractivity contribution in [2.45, 2.75) is 20.0 Å². The molecule has 0 fully saturated rings. The molecule has 0 saturated carbocycles. The van der Waals surface area contributed by atoms with Crippen molar-refractivity contribution in [1.82, 2.24) is 0 Å². The van der Waals surface area contributed by atoms with Crippen molar-refractivity contribution in [3.05, 3.63) is 54.6 Å². The summed E-state index contributed by atoms with van der Waals surface area (Å²) >= 11 is 0. The highest BCUT2D eigenvalue weighted by Crippen LogP contribution is 2.44. The maximum absolute atomic E-state index is 6.15. The average molecular weight is 346 g/mol. The predicted octanol–water partition coefficient (Wildman–Crippen LogP) is 5.95. The summed E-state index contributed by atoms with van der Waals surface area (Å²) in [6.07, 6.45) is 0.0922. The molecule has 4 aromatic rings. The second kappa shape index (κ2) is 6.41. The quantitative estimate of drug-likeness (QED) is 0.427. The van der Waals surface area contributed by atoms with Gasteiger partial charge in [-0.05, 0) is 48.9 Å². The Morgan fingerprint density at radius 1 is 0.654 bits per heavy atom. The molecule has 3 heteroatoms. The first-order valence-corrected chi connectivity index (χ1v) is 8.80. The van der Waals surface area contributed by atoms with Gasteiger partial charge in [0.15, 0.2) is 0 Å². The molecule has 0 heterocycles. The summed E-state index contributed by atoms with van der Waals surface area (Å²) in [6.45, 7) is 4.09. The third-order valence-electron chi connectivity index (χ3n) is 4.67. The van der Waals surface area contributed by atoms with E-state index in [0.29, 0.717) is 0 Å². The number of benzene rings is 4. The van der Waals surface area contributed by atoms with E-state index in [4.69, 9.17) is 14.2 Å². The number of rotatable bonds is 4. The topological polar surface area (TPSA) is 27.7 Å². The zero-order valence-corrected chi connectivity index (χ0v) is 15.5. The molecule has 0 radical (unpaired) electrons. The Bertz CT molecular complexity index is 1110. The van der Waals surface area contributed by atoms with Gasteiger partial charge in [0.1, 0.15) is 17.2 Å². The molecule has 0 aromatic heterocycles. The maximum atomic E-state index is 6.15. The Morgan fingerprint density at radius 3 is 2.00 bits per heavy atom. The first kappa shape index (κ1) is 16.5. The molecule has 132 valence electrons. The van der Waals surface area contributed by atoms with E-state index in [9.17, 15) is 0 Å². The minimum atomic E-state index is 0.0922. The number of ether oxygens (including phenoxy) is 3. The Kier molecular flexibility index (Phi) is 4.08. The molecule has 0 bridgehead atoms. The highest BCUT2D eigenvalue weighted by molar-refractivity contribution is 6.25. The second-order valence-electron chi connectivity index (χ2n) is 6.65. The van der Waals surface area contributed by atoms with E-state index in [2.05, 4.69) is 30.3 Å². The summed E-state index contributed by atoms with van der Waals surface area (Å²) in [5.74, 6) is 2.58. The van der Waals surface area contributed by atoms with Crippen LogP contribution in [0.25, 0.3) is 32.3 Å². The minimum absolute atomic E-state index is 0.0922. The zero-order valence-electron chi connectivity index (χ0n) is 15.5. The fourth-order valence-electron chi connectivity index (χ4n) is 3.66. The maximum Gasteiger partial charge on any atom is 0.128 e. The first-order chi connectivity index (χ1) is 12.6. The monoisotopic (exact) mass is 346 g/mol. The number of fused-ring (bicyclic) bond motifs is 5. The Hall–Kier alpha value is -2.94. The van der Waals surface area contributed by atoms with Gasteiger partial charge in [0, 0.05) is 21.5 Å². The Labute approximate surface area is 153 Å². The van der Waals surface area contributed by atoms with Gasteiger partial charge in [0.2, 0.25) is 0 Å². The van der Waals surface area contributed by atoms with E-state index >= 15 is 0 Å². The fraction of sp³-hybridized carbons (Fsp3) is 0.217. The third-order valence-corrected chi connectivity index (χ3v) is 4.67. The second-order valence-corrected chi connectivity index (χ2v) is 6.65. The zero-order chi connectivity index (χ0) is 18.3. The third kappa shape index (κ3) is 2.51. The molecule has 4 aromatic carbocycles. The number of methoxy groups -OCH3 is 2. The van der Waals surface area contributed by atoms with Crippen molar-refractivity contribution >= 4 is 32.3 Å². The average Bonchev–Trinajstić information content (AvgIpc) is 2.65. The summed E-state index contributed by atoms with van der Waals surface area (Å²) in [6, 6.07) is 18.6. The summed E-state index contributed by atoms with van der Waals surface area (Å²) in [4.78, 5) is 0. The van der Waals surface area contributed by atoms with Gasteiger partial charge in [-0.3, -0.25) is 0 Å². The van der Waals surface area contributed by atoms with E-state index in [1.54, 1.807) is 14.2 Å². The molecule has 0 aliphatic heterocycles.